The number of nitrogens with one attached hydrogen (secondary N) is 1. The van der Waals surface area contributed by atoms with Gasteiger partial charge in [0, 0.05) is 29.2 Å². The van der Waals surface area contributed by atoms with Crippen molar-refractivity contribution in [2.24, 2.45) is 23.7 Å². The number of anilines is 1. The fourth-order valence-corrected chi connectivity index (χ4v) is 9.61. The van der Waals surface area contributed by atoms with E-state index >= 15 is 4.79 Å². The van der Waals surface area contributed by atoms with Crippen molar-refractivity contribution < 1.29 is 60.5 Å². The Morgan fingerprint density at radius 3 is 2.22 bits per heavy atom. The van der Waals surface area contributed by atoms with Gasteiger partial charge in [-0.15, -0.1) is 13.2 Å². The lowest BCUT2D eigenvalue weighted by Gasteiger charge is -2.50. The minimum Gasteiger partial charge on any atom is -0.508 e. The third-order valence-corrected chi connectivity index (χ3v) is 12.3. The number of amides is 4. The van der Waals surface area contributed by atoms with Crippen molar-refractivity contribution >= 4 is 52.6 Å². The van der Waals surface area contributed by atoms with Crippen LogP contribution >= 0.6 is 23.2 Å². The number of fused-ring (bicyclic) bond motifs is 4. The number of hydrogen-bond donors (Lipinski definition) is 3. The highest BCUT2D eigenvalue weighted by Crippen LogP contribution is 2.65. The van der Waals surface area contributed by atoms with E-state index < -0.39 is 99.1 Å². The quantitative estimate of drug-likeness (QED) is 0.0912. The topological polar surface area (TPSA) is 149 Å². The highest BCUT2D eigenvalue weighted by molar-refractivity contribution is 6.33. The largest absolute Gasteiger partial charge is 0.573 e. The molecule has 3 aromatic carbocycles. The van der Waals surface area contributed by atoms with Crippen molar-refractivity contribution in [3.05, 3.63) is 123 Å². The smallest absolute Gasteiger partial charge is 0.508 e. The summed E-state index contributed by atoms with van der Waals surface area (Å²) in [5.41, 5.74) is -0.0840. The van der Waals surface area contributed by atoms with Gasteiger partial charge in [-0.25, -0.2) is 4.98 Å². The Kier molecular flexibility index (Phi) is 10.0. The highest BCUT2D eigenvalue weighted by Gasteiger charge is 2.70. The number of imide groups is 2. The number of halogens is 8. The number of carbonyl (C=O) groups is 4. The van der Waals surface area contributed by atoms with Gasteiger partial charge in [-0.05, 0) is 84.8 Å². The molecule has 1 saturated carbocycles. The molecule has 2 saturated heterocycles. The lowest BCUT2D eigenvalue weighted by molar-refractivity contribution is -0.274. The number of pyridine rings is 1. The number of allylic oxidation sites excluding steroid dienone is 2. The molecular formula is C41H30Cl2F6N4O7. The number of likely N-dealkylation sites (tertiary alicyclic amines) is 1. The molecule has 6 atom stereocenters. The number of nitrogens with zero attached hydrogens (tertiary/aromatic N) is 3. The van der Waals surface area contributed by atoms with E-state index in [1.807, 2.05) is 0 Å². The van der Waals surface area contributed by atoms with Gasteiger partial charge in [-0.3, -0.25) is 29.5 Å². The molecule has 3 heterocycles. The fraction of sp³-hybridized carbons (Fsp3) is 0.293. The molecule has 0 spiro atoms. The number of phenolic OH excluding ortho intramolecular Hbond substituents is 2. The van der Waals surface area contributed by atoms with Gasteiger partial charge in [-0.2, -0.15) is 18.2 Å². The summed E-state index contributed by atoms with van der Waals surface area (Å²) in [7, 11) is 0. The standard InChI is InChI=1S/C41H30Cl2F6N4O7/c42-22-5-3-20(4-6-22)39-29(36(57)53(38(39)59)51-34-30(43)15-21(18-50-34)40(44,45)46)17-27-25(33(39)28-16-24(9-12-31(28)55)60-41(47,48)49)10-11-26-32(27)37(58)52(35(26)56)14-13-19-1-7-23(54)8-2-19/h1-10,12,15-16,18,26-27,29,32-33,54-55H,11,13-14,17H2,(H,50,51)/t26-,27+,29-,32-,33+,39+/m0/s1. The predicted molar refractivity (Wildman–Crippen MR) is 200 cm³/mol. The van der Waals surface area contributed by atoms with Crippen molar-refractivity contribution in [3.63, 3.8) is 0 Å². The van der Waals surface area contributed by atoms with Crippen LogP contribution in [0.4, 0.5) is 32.2 Å². The number of rotatable bonds is 8. The second-order valence-corrected chi connectivity index (χ2v) is 15.8. The van der Waals surface area contributed by atoms with Gasteiger partial charge in [0.1, 0.15) is 17.2 Å². The van der Waals surface area contributed by atoms with Crippen molar-refractivity contribution in [3.8, 4) is 17.2 Å². The summed E-state index contributed by atoms with van der Waals surface area (Å²) < 4.78 is 85.6. The van der Waals surface area contributed by atoms with Crippen LogP contribution in [0, 0.1) is 23.7 Å². The van der Waals surface area contributed by atoms with Crippen LogP contribution in [0.15, 0.2) is 90.6 Å². The molecule has 11 nitrogen and oxygen atoms in total. The van der Waals surface area contributed by atoms with Crippen LogP contribution in [0.2, 0.25) is 10.0 Å². The van der Waals surface area contributed by atoms with Crippen LogP contribution in [-0.4, -0.2) is 61.6 Å². The molecule has 60 heavy (non-hydrogen) atoms. The summed E-state index contributed by atoms with van der Waals surface area (Å²) >= 11 is 12.5. The van der Waals surface area contributed by atoms with Crippen LogP contribution in [0.5, 0.6) is 17.2 Å². The third kappa shape index (κ3) is 6.86. The third-order valence-electron chi connectivity index (χ3n) is 11.8. The fourth-order valence-electron chi connectivity index (χ4n) is 9.28. The SMILES string of the molecule is O=C1[C@H]2[C@H](CC=C3[C@H]2C[C@H]2C(=O)N(Nc4ncc(C(F)(F)F)cc4Cl)C(=O)[C@@]2(c2ccc(Cl)cc2)[C@H]3c2cc(OC(F)(F)F)ccc2O)C(=O)N1CCc1ccc(O)cc1. The zero-order valence-electron chi connectivity index (χ0n) is 30.6. The Balaban J connectivity index is 1.28. The van der Waals surface area contributed by atoms with E-state index in [0.29, 0.717) is 22.8 Å². The molecule has 0 radical (unpaired) electrons. The molecule has 3 N–H and O–H groups in total. The van der Waals surface area contributed by atoms with Crippen LogP contribution in [0.25, 0.3) is 0 Å². The summed E-state index contributed by atoms with van der Waals surface area (Å²) in [5.74, 6) is -11.0. The van der Waals surface area contributed by atoms with E-state index in [0.717, 1.165) is 23.1 Å². The monoisotopic (exact) mass is 874 g/mol. The Morgan fingerprint density at radius 1 is 0.867 bits per heavy atom. The summed E-state index contributed by atoms with van der Waals surface area (Å²) in [6.45, 7) is -0.0350. The second-order valence-electron chi connectivity index (χ2n) is 14.9. The minimum absolute atomic E-state index is 0.0206. The average molecular weight is 876 g/mol. The Bertz CT molecular complexity index is 2470. The predicted octanol–water partition coefficient (Wildman–Crippen LogP) is 7.94. The van der Waals surface area contributed by atoms with Gasteiger partial charge in [0.2, 0.25) is 11.8 Å². The lowest BCUT2D eigenvalue weighted by Crippen LogP contribution is -2.53. The molecule has 4 aromatic rings. The highest BCUT2D eigenvalue weighted by atomic mass is 35.5. The van der Waals surface area contributed by atoms with Crippen molar-refractivity contribution in [2.75, 3.05) is 12.0 Å². The van der Waals surface area contributed by atoms with Crippen molar-refractivity contribution in [1.82, 2.24) is 14.9 Å². The molecule has 2 aliphatic carbocycles. The van der Waals surface area contributed by atoms with E-state index in [2.05, 4.69) is 15.1 Å². The molecule has 2 aliphatic heterocycles. The van der Waals surface area contributed by atoms with Gasteiger partial charge >= 0.3 is 12.5 Å². The Morgan fingerprint density at radius 2 is 1.57 bits per heavy atom. The molecule has 0 bridgehead atoms. The van der Waals surface area contributed by atoms with Gasteiger partial charge in [0.15, 0.2) is 5.82 Å². The number of hydrogen-bond acceptors (Lipinski definition) is 9. The van der Waals surface area contributed by atoms with Crippen LogP contribution in [-0.2, 0) is 37.2 Å². The van der Waals surface area contributed by atoms with E-state index in [4.69, 9.17) is 23.2 Å². The van der Waals surface area contributed by atoms with Crippen LogP contribution in [0.3, 0.4) is 0 Å². The van der Waals surface area contributed by atoms with E-state index in [-0.39, 0.29) is 53.3 Å². The number of hydrazine groups is 1. The number of ether oxygens (including phenoxy) is 1. The number of carbonyl (C=O) groups excluding carboxylic acids is 4. The molecule has 19 heteroatoms. The summed E-state index contributed by atoms with van der Waals surface area (Å²) in [5, 5.41) is 21.3. The van der Waals surface area contributed by atoms with Gasteiger partial charge < -0.3 is 14.9 Å². The van der Waals surface area contributed by atoms with E-state index in [1.165, 1.54) is 36.4 Å². The molecule has 3 fully saturated rings. The summed E-state index contributed by atoms with van der Waals surface area (Å²) in [6, 6.07) is 15.0. The van der Waals surface area contributed by atoms with Crippen molar-refractivity contribution in [2.45, 2.75) is 43.1 Å². The number of aromatic hydroxyl groups is 2. The molecule has 0 unspecified atom stereocenters. The Labute approximate surface area is 346 Å². The first kappa shape index (κ1) is 40.9. The van der Waals surface area contributed by atoms with E-state index in [1.54, 1.807) is 18.2 Å². The second kappa shape index (κ2) is 14.7. The Hall–Kier alpha value is -5.81. The summed E-state index contributed by atoms with van der Waals surface area (Å²) in [4.78, 5) is 63.4. The minimum atomic E-state index is -5.19. The average Bonchev–Trinajstić information content (AvgIpc) is 3.55. The van der Waals surface area contributed by atoms with E-state index in [9.17, 15) is 50.9 Å². The van der Waals surface area contributed by atoms with Crippen LogP contribution < -0.4 is 10.2 Å². The van der Waals surface area contributed by atoms with Gasteiger partial charge in [-0.1, -0.05) is 59.1 Å². The van der Waals surface area contributed by atoms with Crippen molar-refractivity contribution in [1.29, 1.82) is 0 Å². The molecular weight excluding hydrogens is 845 g/mol. The number of phenols is 2. The molecule has 312 valence electrons. The number of aromatic nitrogens is 1. The first-order valence-electron chi connectivity index (χ1n) is 18.3. The maximum absolute atomic E-state index is 15.3. The molecule has 4 aliphatic rings. The maximum Gasteiger partial charge on any atom is 0.573 e. The number of benzene rings is 3. The maximum atomic E-state index is 15.3. The first-order valence-corrected chi connectivity index (χ1v) is 19.1. The zero-order valence-corrected chi connectivity index (χ0v) is 32.1. The molecule has 4 amide bonds. The van der Waals surface area contributed by atoms with Gasteiger partial charge in [0.25, 0.3) is 11.8 Å². The molecule has 1 aromatic heterocycles. The first-order chi connectivity index (χ1) is 28.3. The molecule has 8 rings (SSSR count). The summed E-state index contributed by atoms with van der Waals surface area (Å²) in [6.07, 6.45) is -8.08. The zero-order chi connectivity index (χ0) is 43.1. The van der Waals surface area contributed by atoms with Gasteiger partial charge in [0.05, 0.1) is 33.8 Å². The number of alkyl halides is 6. The lowest BCUT2D eigenvalue weighted by atomic mass is 9.49. The van der Waals surface area contributed by atoms with Crippen LogP contribution in [0.1, 0.15) is 41.0 Å². The normalized spacial score (nSPS) is 25.2.